The Bertz CT molecular complexity index is 656. The number of rotatable bonds is 5. The molecular weight excluding hydrogens is 306 g/mol. The summed E-state index contributed by atoms with van der Waals surface area (Å²) in [6, 6.07) is 9.69. The van der Waals surface area contributed by atoms with Crippen LogP contribution in [0.25, 0.3) is 5.69 Å². The summed E-state index contributed by atoms with van der Waals surface area (Å²) in [5, 5.41) is 11.1. The van der Waals surface area contributed by atoms with E-state index in [1.165, 1.54) is 0 Å². The van der Waals surface area contributed by atoms with Crippen LogP contribution in [0, 0.1) is 0 Å². The summed E-state index contributed by atoms with van der Waals surface area (Å²) < 4.78 is 7.37. The molecule has 128 valence electrons. The average molecular weight is 329 g/mol. The predicted octanol–water partition coefficient (Wildman–Crippen LogP) is 1.98. The van der Waals surface area contributed by atoms with Gasteiger partial charge >= 0.3 is 6.03 Å². The molecule has 1 atom stereocenters. The summed E-state index contributed by atoms with van der Waals surface area (Å²) in [4.78, 5) is 14.1. The van der Waals surface area contributed by atoms with Crippen LogP contribution in [0.3, 0.4) is 0 Å². The number of hydrogen-bond donors (Lipinski definition) is 1. The van der Waals surface area contributed by atoms with Gasteiger partial charge in [0.1, 0.15) is 5.69 Å². The van der Waals surface area contributed by atoms with E-state index in [9.17, 15) is 4.79 Å². The summed E-state index contributed by atoms with van der Waals surface area (Å²) in [6.07, 6.45) is 4.01. The van der Waals surface area contributed by atoms with Gasteiger partial charge in [-0.25, -0.2) is 9.48 Å². The number of urea groups is 1. The number of carbonyl (C=O) groups excluding carboxylic acids is 1. The smallest absolute Gasteiger partial charge is 0.317 e. The lowest BCUT2D eigenvalue weighted by atomic mass is 10.2. The van der Waals surface area contributed by atoms with Crippen LogP contribution in [0.4, 0.5) is 4.79 Å². The Labute approximate surface area is 141 Å². The molecule has 1 aromatic heterocycles. The maximum atomic E-state index is 12.3. The largest absolute Gasteiger partial charge is 0.375 e. The molecule has 7 heteroatoms. The molecule has 1 aliphatic rings. The fourth-order valence-corrected chi connectivity index (χ4v) is 2.76. The first-order chi connectivity index (χ1) is 11.8. The molecule has 2 amide bonds. The van der Waals surface area contributed by atoms with Crippen LogP contribution in [-0.2, 0) is 11.3 Å². The van der Waals surface area contributed by atoms with Crippen LogP contribution in [0.2, 0.25) is 0 Å². The van der Waals surface area contributed by atoms with Gasteiger partial charge in [-0.15, -0.1) is 5.10 Å². The number of hydrogen-bond acceptors (Lipinski definition) is 4. The molecule has 0 saturated carbocycles. The first-order valence-corrected chi connectivity index (χ1v) is 8.37. The van der Waals surface area contributed by atoms with Crippen LogP contribution in [0.15, 0.2) is 36.5 Å². The molecule has 0 aliphatic carbocycles. The molecule has 24 heavy (non-hydrogen) atoms. The van der Waals surface area contributed by atoms with Gasteiger partial charge in [0.05, 0.1) is 31.1 Å². The third kappa shape index (κ3) is 4.11. The summed E-state index contributed by atoms with van der Waals surface area (Å²) >= 11 is 0. The fraction of sp³-hybridized carbons (Fsp3) is 0.471. The molecule has 1 unspecified atom stereocenters. The van der Waals surface area contributed by atoms with Gasteiger partial charge in [-0.3, -0.25) is 0 Å². The molecule has 0 spiro atoms. The third-order valence-corrected chi connectivity index (χ3v) is 4.02. The van der Waals surface area contributed by atoms with Crippen molar-refractivity contribution in [2.24, 2.45) is 0 Å². The van der Waals surface area contributed by atoms with E-state index in [0.717, 1.165) is 24.2 Å². The number of amides is 2. The predicted molar refractivity (Wildman–Crippen MR) is 89.8 cm³/mol. The molecular formula is C17H23N5O2. The zero-order chi connectivity index (χ0) is 16.8. The van der Waals surface area contributed by atoms with Crippen LogP contribution >= 0.6 is 0 Å². The van der Waals surface area contributed by atoms with Gasteiger partial charge in [0.15, 0.2) is 0 Å². The fourth-order valence-electron chi connectivity index (χ4n) is 2.76. The number of aromatic nitrogens is 3. The normalized spacial score (nSPS) is 17.7. The summed E-state index contributed by atoms with van der Waals surface area (Å²) in [5.74, 6) is 0. The lowest BCUT2D eigenvalue weighted by molar-refractivity contribution is -0.0181. The van der Waals surface area contributed by atoms with Crippen molar-refractivity contribution in [2.75, 3.05) is 19.7 Å². The molecule has 1 saturated heterocycles. The van der Waals surface area contributed by atoms with Gasteiger partial charge in [0.2, 0.25) is 0 Å². The first kappa shape index (κ1) is 16.4. The molecule has 0 radical (unpaired) electrons. The highest BCUT2D eigenvalue weighted by molar-refractivity contribution is 5.74. The van der Waals surface area contributed by atoms with Crippen molar-refractivity contribution in [3.8, 4) is 5.69 Å². The topological polar surface area (TPSA) is 72.3 Å². The Morgan fingerprint density at radius 1 is 1.38 bits per heavy atom. The molecule has 1 N–H and O–H groups in total. The van der Waals surface area contributed by atoms with Crippen molar-refractivity contribution in [1.29, 1.82) is 0 Å². The van der Waals surface area contributed by atoms with Gasteiger partial charge in [-0.05, 0) is 18.6 Å². The van der Waals surface area contributed by atoms with E-state index in [4.69, 9.17) is 4.74 Å². The van der Waals surface area contributed by atoms with Gasteiger partial charge in [0, 0.05) is 13.1 Å². The summed E-state index contributed by atoms with van der Waals surface area (Å²) in [5.41, 5.74) is 1.67. The zero-order valence-electron chi connectivity index (χ0n) is 13.9. The Morgan fingerprint density at radius 2 is 2.21 bits per heavy atom. The van der Waals surface area contributed by atoms with E-state index in [-0.39, 0.29) is 12.1 Å². The van der Waals surface area contributed by atoms with Crippen molar-refractivity contribution in [3.63, 3.8) is 0 Å². The van der Waals surface area contributed by atoms with E-state index in [1.807, 2.05) is 41.4 Å². The minimum atomic E-state index is -0.0753. The Balaban J connectivity index is 1.52. The second kappa shape index (κ2) is 7.92. The van der Waals surface area contributed by atoms with E-state index in [2.05, 4.69) is 22.6 Å². The van der Waals surface area contributed by atoms with Gasteiger partial charge in [-0.1, -0.05) is 36.8 Å². The number of para-hydroxylation sites is 1. The Kier molecular flexibility index (Phi) is 5.43. The minimum Gasteiger partial charge on any atom is -0.375 e. The van der Waals surface area contributed by atoms with Crippen molar-refractivity contribution in [1.82, 2.24) is 25.2 Å². The maximum Gasteiger partial charge on any atom is 0.317 e. The highest BCUT2D eigenvalue weighted by Gasteiger charge is 2.23. The molecule has 3 rings (SSSR count). The first-order valence-electron chi connectivity index (χ1n) is 8.37. The van der Waals surface area contributed by atoms with E-state index in [0.29, 0.717) is 26.2 Å². The molecule has 0 bridgehead atoms. The quantitative estimate of drug-likeness (QED) is 0.910. The average Bonchev–Trinajstić information content (AvgIpc) is 3.10. The highest BCUT2D eigenvalue weighted by Crippen LogP contribution is 2.11. The number of ether oxygens (including phenoxy) is 1. The standard InChI is InChI=1S/C17H23N5O2/c1-2-6-16-13-21(9-10-24-16)17(23)18-11-14-12-22(20-19-14)15-7-4-3-5-8-15/h3-5,7-8,12,16H,2,6,9-11,13H2,1H3,(H,18,23). The van der Waals surface area contributed by atoms with Gasteiger partial charge in [-0.2, -0.15) is 0 Å². The number of carbonyl (C=O) groups is 1. The van der Waals surface area contributed by atoms with E-state index in [1.54, 1.807) is 4.68 Å². The summed E-state index contributed by atoms with van der Waals surface area (Å²) in [6.45, 7) is 4.36. The van der Waals surface area contributed by atoms with Crippen molar-refractivity contribution >= 4 is 6.03 Å². The van der Waals surface area contributed by atoms with Crippen molar-refractivity contribution < 1.29 is 9.53 Å². The molecule has 1 aromatic carbocycles. The second-order valence-electron chi connectivity index (χ2n) is 5.88. The number of benzene rings is 1. The highest BCUT2D eigenvalue weighted by atomic mass is 16.5. The minimum absolute atomic E-state index is 0.0753. The zero-order valence-corrected chi connectivity index (χ0v) is 13.9. The summed E-state index contributed by atoms with van der Waals surface area (Å²) in [7, 11) is 0. The van der Waals surface area contributed by atoms with Crippen LogP contribution in [0.5, 0.6) is 0 Å². The maximum absolute atomic E-state index is 12.3. The van der Waals surface area contributed by atoms with Gasteiger partial charge < -0.3 is 15.0 Å². The molecule has 1 aliphatic heterocycles. The molecule has 1 fully saturated rings. The Morgan fingerprint density at radius 3 is 3.00 bits per heavy atom. The van der Waals surface area contributed by atoms with E-state index >= 15 is 0 Å². The third-order valence-electron chi connectivity index (χ3n) is 4.02. The number of nitrogens with zero attached hydrogens (tertiary/aromatic N) is 4. The van der Waals surface area contributed by atoms with Crippen molar-refractivity contribution in [3.05, 3.63) is 42.2 Å². The number of nitrogens with one attached hydrogen (secondary N) is 1. The van der Waals surface area contributed by atoms with Gasteiger partial charge in [0.25, 0.3) is 0 Å². The lowest BCUT2D eigenvalue weighted by Gasteiger charge is -2.32. The molecule has 2 heterocycles. The van der Waals surface area contributed by atoms with Crippen LogP contribution in [-0.4, -0.2) is 51.7 Å². The molecule has 7 nitrogen and oxygen atoms in total. The SMILES string of the molecule is CCCC1CN(C(=O)NCc2cn(-c3ccccc3)nn2)CCO1. The van der Waals surface area contributed by atoms with Crippen LogP contribution < -0.4 is 5.32 Å². The Hall–Kier alpha value is -2.41. The second-order valence-corrected chi connectivity index (χ2v) is 5.88. The van der Waals surface area contributed by atoms with Crippen molar-refractivity contribution in [2.45, 2.75) is 32.4 Å². The molecule has 2 aromatic rings. The number of morpholine rings is 1. The lowest BCUT2D eigenvalue weighted by Crippen LogP contribution is -2.49. The van der Waals surface area contributed by atoms with E-state index < -0.39 is 0 Å². The van der Waals surface area contributed by atoms with Crippen LogP contribution in [0.1, 0.15) is 25.5 Å². The monoisotopic (exact) mass is 329 g/mol.